The topological polar surface area (TPSA) is 65.5 Å². The van der Waals surface area contributed by atoms with Crippen LogP contribution in [-0.4, -0.2) is 31.3 Å². The van der Waals surface area contributed by atoms with Crippen LogP contribution in [0.5, 0.6) is 17.2 Å². The molecule has 154 valence electrons. The Morgan fingerprint density at radius 2 is 1.70 bits per heavy atom. The van der Waals surface area contributed by atoms with E-state index in [2.05, 4.69) is 20.7 Å². The van der Waals surface area contributed by atoms with E-state index in [9.17, 15) is 0 Å². The predicted octanol–water partition coefficient (Wildman–Crippen LogP) is 6.09. The number of aromatic nitrogens is 2. The molecule has 0 spiro atoms. The van der Waals surface area contributed by atoms with Gasteiger partial charge in [0.1, 0.15) is 22.7 Å². The Bertz CT molecular complexity index is 1230. The monoisotopic (exact) mass is 441 g/mol. The highest BCUT2D eigenvalue weighted by Crippen LogP contribution is 2.41. The molecule has 0 saturated heterocycles. The molecule has 0 amide bonds. The summed E-state index contributed by atoms with van der Waals surface area (Å²) in [6, 6.07) is 9.56. The van der Waals surface area contributed by atoms with Crippen molar-refractivity contribution in [1.29, 1.82) is 0 Å². The van der Waals surface area contributed by atoms with Gasteiger partial charge in [-0.05, 0) is 36.2 Å². The molecule has 4 rings (SSSR count). The number of benzene rings is 2. The molecular weight excluding hydrogens is 422 g/mol. The summed E-state index contributed by atoms with van der Waals surface area (Å²) in [5.74, 6) is 2.67. The Kier molecular flexibility index (Phi) is 5.65. The number of thiophene rings is 1. The normalized spacial score (nSPS) is 10.8. The molecule has 0 radical (unpaired) electrons. The number of hydrogen-bond donors (Lipinski definition) is 1. The molecule has 0 saturated carbocycles. The Hall–Kier alpha value is -3.03. The fraction of sp³-hybridized carbons (Fsp3) is 0.182. The summed E-state index contributed by atoms with van der Waals surface area (Å²) in [5.41, 5.74) is 3.71. The zero-order valence-corrected chi connectivity index (χ0v) is 18.5. The van der Waals surface area contributed by atoms with Crippen molar-refractivity contribution in [2.45, 2.75) is 6.92 Å². The largest absolute Gasteiger partial charge is 0.495 e. The third-order valence-electron chi connectivity index (χ3n) is 4.80. The third-order valence-corrected chi connectivity index (χ3v) is 6.09. The molecule has 0 aliphatic heterocycles. The molecule has 30 heavy (non-hydrogen) atoms. The van der Waals surface area contributed by atoms with Crippen LogP contribution in [0, 0.1) is 6.92 Å². The van der Waals surface area contributed by atoms with Crippen molar-refractivity contribution in [3.8, 4) is 28.4 Å². The summed E-state index contributed by atoms with van der Waals surface area (Å²) in [4.78, 5) is 9.82. The fourth-order valence-electron chi connectivity index (χ4n) is 3.24. The van der Waals surface area contributed by atoms with Gasteiger partial charge in [-0.1, -0.05) is 17.7 Å². The summed E-state index contributed by atoms with van der Waals surface area (Å²) in [6.45, 7) is 1.95. The van der Waals surface area contributed by atoms with Crippen molar-refractivity contribution in [2.75, 3.05) is 26.6 Å². The molecule has 1 N–H and O–H groups in total. The molecule has 2 aromatic heterocycles. The molecule has 0 aliphatic carbocycles. The Labute approximate surface area is 183 Å². The van der Waals surface area contributed by atoms with E-state index in [1.54, 1.807) is 45.1 Å². The van der Waals surface area contributed by atoms with Crippen molar-refractivity contribution in [3.05, 3.63) is 52.6 Å². The average Bonchev–Trinajstić information content (AvgIpc) is 3.20. The van der Waals surface area contributed by atoms with E-state index in [4.69, 9.17) is 25.8 Å². The summed E-state index contributed by atoms with van der Waals surface area (Å²) in [6.07, 6.45) is 1.55. The van der Waals surface area contributed by atoms with Crippen LogP contribution in [0.25, 0.3) is 21.3 Å². The highest BCUT2D eigenvalue weighted by atomic mass is 35.5. The van der Waals surface area contributed by atoms with Crippen LogP contribution in [0.1, 0.15) is 5.56 Å². The van der Waals surface area contributed by atoms with Crippen LogP contribution in [0.3, 0.4) is 0 Å². The van der Waals surface area contributed by atoms with Gasteiger partial charge in [0.2, 0.25) is 0 Å². The summed E-state index contributed by atoms with van der Waals surface area (Å²) >= 11 is 7.81. The second-order valence-electron chi connectivity index (χ2n) is 6.55. The van der Waals surface area contributed by atoms with E-state index < -0.39 is 0 Å². The van der Waals surface area contributed by atoms with Gasteiger partial charge in [0.25, 0.3) is 0 Å². The maximum absolute atomic E-state index is 6.25. The predicted molar refractivity (Wildman–Crippen MR) is 122 cm³/mol. The number of halogens is 1. The Morgan fingerprint density at radius 3 is 2.43 bits per heavy atom. The van der Waals surface area contributed by atoms with Crippen molar-refractivity contribution in [1.82, 2.24) is 9.97 Å². The molecule has 0 fully saturated rings. The van der Waals surface area contributed by atoms with Gasteiger partial charge in [-0.15, -0.1) is 11.3 Å². The Balaban J connectivity index is 1.84. The number of rotatable bonds is 6. The maximum Gasteiger partial charge on any atom is 0.161 e. The van der Waals surface area contributed by atoms with Gasteiger partial charge >= 0.3 is 0 Å². The lowest BCUT2D eigenvalue weighted by Gasteiger charge is -2.14. The zero-order chi connectivity index (χ0) is 21.3. The smallest absolute Gasteiger partial charge is 0.161 e. The lowest BCUT2D eigenvalue weighted by molar-refractivity contribution is 0.355. The van der Waals surface area contributed by atoms with E-state index in [0.29, 0.717) is 28.1 Å². The van der Waals surface area contributed by atoms with Gasteiger partial charge in [0.15, 0.2) is 11.5 Å². The van der Waals surface area contributed by atoms with E-state index in [-0.39, 0.29) is 0 Å². The van der Waals surface area contributed by atoms with Crippen LogP contribution < -0.4 is 19.5 Å². The van der Waals surface area contributed by atoms with Crippen molar-refractivity contribution in [2.24, 2.45) is 0 Å². The van der Waals surface area contributed by atoms with Gasteiger partial charge in [-0.3, -0.25) is 0 Å². The highest BCUT2D eigenvalue weighted by molar-refractivity contribution is 7.17. The second-order valence-corrected chi connectivity index (χ2v) is 7.81. The number of nitrogens with one attached hydrogen (secondary N) is 1. The minimum atomic E-state index is 0.639. The molecule has 2 heterocycles. The molecule has 4 aromatic rings. The molecule has 0 atom stereocenters. The van der Waals surface area contributed by atoms with E-state index >= 15 is 0 Å². The first-order valence-corrected chi connectivity index (χ1v) is 10.4. The number of ether oxygens (including phenoxy) is 3. The first-order valence-electron chi connectivity index (χ1n) is 9.11. The van der Waals surface area contributed by atoms with Crippen LogP contribution in [0.2, 0.25) is 5.02 Å². The van der Waals surface area contributed by atoms with Crippen LogP contribution in [0.4, 0.5) is 11.5 Å². The number of anilines is 2. The third kappa shape index (κ3) is 3.62. The summed E-state index contributed by atoms with van der Waals surface area (Å²) in [5, 5.41) is 7.03. The molecule has 2 aromatic carbocycles. The van der Waals surface area contributed by atoms with Crippen molar-refractivity contribution in [3.63, 3.8) is 0 Å². The van der Waals surface area contributed by atoms with Crippen LogP contribution in [0.15, 0.2) is 42.0 Å². The second kappa shape index (κ2) is 8.38. The van der Waals surface area contributed by atoms with Crippen LogP contribution >= 0.6 is 22.9 Å². The van der Waals surface area contributed by atoms with E-state index in [1.807, 2.05) is 31.2 Å². The first kappa shape index (κ1) is 20.3. The quantitative estimate of drug-likeness (QED) is 0.390. The highest BCUT2D eigenvalue weighted by Gasteiger charge is 2.17. The van der Waals surface area contributed by atoms with Crippen molar-refractivity contribution >= 4 is 44.7 Å². The Morgan fingerprint density at radius 1 is 0.933 bits per heavy atom. The molecule has 0 aliphatic rings. The standard InChI is InChI=1S/C22H20ClN3O3S/c1-12-7-16(18(28-3)9-15(12)23)26-21-20-14(10-30-22(20)25-11-24-21)13-5-6-17(27-2)19(8-13)29-4/h5-11H,1-4H3,(H,24,25,26). The fourth-order valence-corrected chi connectivity index (χ4v) is 4.31. The number of nitrogens with zero attached hydrogens (tertiary/aromatic N) is 2. The van der Waals surface area contributed by atoms with Gasteiger partial charge in [-0.2, -0.15) is 0 Å². The minimum absolute atomic E-state index is 0.639. The maximum atomic E-state index is 6.25. The minimum Gasteiger partial charge on any atom is -0.495 e. The molecular formula is C22H20ClN3O3S. The lowest BCUT2D eigenvalue weighted by Crippen LogP contribution is -1.99. The lowest BCUT2D eigenvalue weighted by atomic mass is 10.1. The van der Waals surface area contributed by atoms with E-state index in [0.717, 1.165) is 32.6 Å². The van der Waals surface area contributed by atoms with Crippen LogP contribution in [-0.2, 0) is 0 Å². The number of fused-ring (bicyclic) bond motifs is 1. The molecule has 8 heteroatoms. The van der Waals surface area contributed by atoms with Gasteiger partial charge in [0.05, 0.1) is 32.4 Å². The van der Waals surface area contributed by atoms with Crippen molar-refractivity contribution < 1.29 is 14.2 Å². The van der Waals surface area contributed by atoms with Gasteiger partial charge in [-0.25, -0.2) is 9.97 Å². The zero-order valence-electron chi connectivity index (χ0n) is 16.9. The number of methoxy groups -OCH3 is 3. The average molecular weight is 442 g/mol. The molecule has 6 nitrogen and oxygen atoms in total. The summed E-state index contributed by atoms with van der Waals surface area (Å²) in [7, 11) is 4.86. The summed E-state index contributed by atoms with van der Waals surface area (Å²) < 4.78 is 16.3. The van der Waals surface area contributed by atoms with Gasteiger partial charge in [0, 0.05) is 22.0 Å². The SMILES string of the molecule is COc1cc(Cl)c(C)cc1Nc1ncnc2scc(-c3ccc(OC)c(OC)c3)c12. The first-order chi connectivity index (χ1) is 14.5. The molecule has 0 bridgehead atoms. The van der Waals surface area contributed by atoms with E-state index in [1.165, 1.54) is 0 Å². The van der Waals surface area contributed by atoms with Gasteiger partial charge < -0.3 is 19.5 Å². The number of aryl methyl sites for hydroxylation is 1. The number of hydrogen-bond acceptors (Lipinski definition) is 7. The molecule has 0 unspecified atom stereocenters.